The second-order valence-electron chi connectivity index (χ2n) is 12.1. The van der Waals surface area contributed by atoms with Gasteiger partial charge in [-0.05, 0) is 41.8 Å². The van der Waals surface area contributed by atoms with Gasteiger partial charge in [0.15, 0.2) is 22.7 Å². The van der Waals surface area contributed by atoms with Crippen LogP contribution in [0.2, 0.25) is 36.3 Å². The Morgan fingerprint density at radius 1 is 0.906 bits per heavy atom. The molecule has 0 N–H and O–H groups in total. The Labute approximate surface area is 197 Å². The van der Waals surface area contributed by atoms with Gasteiger partial charge in [0, 0.05) is 13.0 Å². The molecule has 0 aliphatic carbocycles. The summed E-state index contributed by atoms with van der Waals surface area (Å²) in [5.74, 6) is -0.0609. The van der Waals surface area contributed by atoms with Gasteiger partial charge in [-0.1, -0.05) is 71.9 Å². The largest absolute Gasteiger partial charge is 0.409 e. The summed E-state index contributed by atoms with van der Waals surface area (Å²) in [5.41, 5.74) is 1.04. The minimum Gasteiger partial charge on any atom is -0.409 e. The highest BCUT2D eigenvalue weighted by atomic mass is 28.4. The molecular formula is C25H43NO4Si2. The maximum atomic E-state index is 13.8. The predicted octanol–water partition coefficient (Wildman–Crippen LogP) is 5.77. The van der Waals surface area contributed by atoms with Crippen molar-refractivity contribution in [3.63, 3.8) is 0 Å². The summed E-state index contributed by atoms with van der Waals surface area (Å²) in [5, 5.41) is -0.0576. The Morgan fingerprint density at radius 3 is 1.88 bits per heavy atom. The van der Waals surface area contributed by atoms with Gasteiger partial charge in [0.25, 0.3) is 5.91 Å². The third kappa shape index (κ3) is 5.79. The van der Waals surface area contributed by atoms with Crippen molar-refractivity contribution in [2.75, 3.05) is 0 Å². The van der Waals surface area contributed by atoms with E-state index in [2.05, 4.69) is 67.7 Å². The van der Waals surface area contributed by atoms with Crippen LogP contribution in [0.3, 0.4) is 0 Å². The fourth-order valence-electron chi connectivity index (χ4n) is 3.45. The number of carbonyl (C=O) groups excluding carboxylic acids is 2. The van der Waals surface area contributed by atoms with Gasteiger partial charge >= 0.3 is 0 Å². The lowest BCUT2D eigenvalue weighted by Gasteiger charge is -2.43. The first-order valence-electron chi connectivity index (χ1n) is 11.7. The van der Waals surface area contributed by atoms with Crippen molar-refractivity contribution in [2.24, 2.45) is 0 Å². The molecule has 0 unspecified atom stereocenters. The van der Waals surface area contributed by atoms with Crippen LogP contribution >= 0.6 is 0 Å². The van der Waals surface area contributed by atoms with Gasteiger partial charge < -0.3 is 18.5 Å². The Morgan fingerprint density at radius 2 is 1.41 bits per heavy atom. The second kappa shape index (κ2) is 9.53. The van der Waals surface area contributed by atoms with E-state index in [9.17, 15) is 9.59 Å². The van der Waals surface area contributed by atoms with E-state index in [1.165, 1.54) is 0 Å². The molecule has 1 saturated heterocycles. The molecule has 3 atom stereocenters. The zero-order chi connectivity index (χ0) is 24.5. The van der Waals surface area contributed by atoms with Crippen LogP contribution in [-0.4, -0.2) is 52.0 Å². The highest BCUT2D eigenvalue weighted by molar-refractivity contribution is 6.74. The number of nitrogens with zero attached hydrogens (tertiary/aromatic N) is 1. The molecule has 1 aliphatic rings. The predicted molar refractivity (Wildman–Crippen MR) is 136 cm³/mol. The number of rotatable bonds is 8. The van der Waals surface area contributed by atoms with Crippen molar-refractivity contribution in [3.8, 4) is 0 Å². The third-order valence-corrected chi connectivity index (χ3v) is 16.5. The van der Waals surface area contributed by atoms with Gasteiger partial charge in [0.2, 0.25) is 0 Å². The zero-order valence-corrected chi connectivity index (χ0v) is 23.7. The fourth-order valence-corrected chi connectivity index (χ4v) is 5.99. The molecule has 1 fully saturated rings. The Balaban J connectivity index is 2.50. The summed E-state index contributed by atoms with van der Waals surface area (Å²) >= 11 is 0. The molecule has 1 aromatic rings. The zero-order valence-electron chi connectivity index (χ0n) is 21.7. The molecule has 180 valence electrons. The lowest BCUT2D eigenvalue weighted by Crippen LogP contribution is -2.53. The smallest absolute Gasteiger partial charge is 0.253 e. The lowest BCUT2D eigenvalue weighted by atomic mass is 10.1. The number of amides is 1. The Kier molecular flexibility index (Phi) is 8.03. The highest BCUT2D eigenvalue weighted by Crippen LogP contribution is 2.43. The van der Waals surface area contributed by atoms with Crippen LogP contribution in [0.15, 0.2) is 30.3 Å². The van der Waals surface area contributed by atoms with Gasteiger partial charge in [-0.25, -0.2) is 0 Å². The number of benzene rings is 1. The molecule has 0 radical (unpaired) electrons. The molecular weight excluding hydrogens is 434 g/mol. The van der Waals surface area contributed by atoms with Gasteiger partial charge in [0.05, 0.1) is 12.1 Å². The highest BCUT2D eigenvalue weighted by Gasteiger charge is 2.55. The van der Waals surface area contributed by atoms with Crippen LogP contribution in [0.25, 0.3) is 0 Å². The number of likely N-dealkylation sites (tertiary alicyclic amines) is 1. The molecule has 1 aliphatic heterocycles. The summed E-state index contributed by atoms with van der Waals surface area (Å²) in [7, 11) is -4.46. The van der Waals surface area contributed by atoms with Crippen LogP contribution in [0.1, 0.15) is 53.5 Å². The van der Waals surface area contributed by atoms with E-state index in [-0.39, 0.29) is 28.4 Å². The second-order valence-corrected chi connectivity index (χ2v) is 21.6. The summed E-state index contributed by atoms with van der Waals surface area (Å²) < 4.78 is 13.6. The molecule has 0 aromatic heterocycles. The van der Waals surface area contributed by atoms with Crippen molar-refractivity contribution in [2.45, 2.75) is 109 Å². The first-order chi connectivity index (χ1) is 14.5. The average Bonchev–Trinajstić information content (AvgIpc) is 2.86. The summed E-state index contributed by atoms with van der Waals surface area (Å²) in [4.78, 5) is 27.3. The molecule has 1 heterocycles. The van der Waals surface area contributed by atoms with E-state index >= 15 is 0 Å². The van der Waals surface area contributed by atoms with Crippen LogP contribution < -0.4 is 0 Å². The quantitative estimate of drug-likeness (QED) is 0.352. The van der Waals surface area contributed by atoms with Crippen LogP contribution in [-0.2, 0) is 25.0 Å². The van der Waals surface area contributed by atoms with Gasteiger partial charge in [-0.3, -0.25) is 4.79 Å². The minimum absolute atomic E-state index is 0.0177. The molecule has 1 amide bonds. The topological polar surface area (TPSA) is 55.8 Å². The van der Waals surface area contributed by atoms with Crippen LogP contribution in [0, 0.1) is 0 Å². The number of hydrogen-bond acceptors (Lipinski definition) is 4. The van der Waals surface area contributed by atoms with E-state index in [4.69, 9.17) is 8.85 Å². The minimum atomic E-state index is -2.25. The van der Waals surface area contributed by atoms with Crippen molar-refractivity contribution in [1.82, 2.24) is 4.90 Å². The molecule has 5 nitrogen and oxygen atoms in total. The number of hydrogen-bond donors (Lipinski definition) is 0. The first kappa shape index (κ1) is 27.0. The normalized spacial score (nSPS) is 23.0. The monoisotopic (exact) mass is 477 g/mol. The fraction of sp³-hybridized carbons (Fsp3) is 0.680. The van der Waals surface area contributed by atoms with Crippen molar-refractivity contribution in [3.05, 3.63) is 35.9 Å². The lowest BCUT2D eigenvalue weighted by molar-refractivity contribution is -0.135. The SMILES string of the molecule is CC(C)(C)[Si](C)(C)O[C@H]1[C@@H](CC=O)N(Cc2ccccc2)C(=O)[C@@H]1O[Si](C)(C)C(C)(C)C. The summed E-state index contributed by atoms with van der Waals surface area (Å²) in [6.45, 7) is 22.3. The summed E-state index contributed by atoms with van der Waals surface area (Å²) in [6, 6.07) is 9.60. The molecule has 7 heteroatoms. The van der Waals surface area contributed by atoms with Gasteiger partial charge in [0.1, 0.15) is 6.29 Å². The number of carbonyl (C=O) groups is 2. The number of aldehydes is 1. The Hall–Kier alpha value is -1.29. The molecule has 2 rings (SSSR count). The van der Waals surface area contributed by atoms with E-state index < -0.39 is 28.8 Å². The molecule has 1 aromatic carbocycles. The average molecular weight is 478 g/mol. The standard InChI is InChI=1S/C25H43NO4Si2/c1-24(2,3)31(7,8)29-21-20(16-17-27)26(18-19-14-12-11-13-15-19)23(28)22(21)30-32(9,10)25(4,5)6/h11-15,17,20-22H,16,18H2,1-10H3/t20-,21+,22-/m1/s1. The van der Waals surface area contributed by atoms with E-state index in [0.29, 0.717) is 6.54 Å². The van der Waals surface area contributed by atoms with Crippen molar-refractivity contribution < 1.29 is 18.4 Å². The van der Waals surface area contributed by atoms with Crippen molar-refractivity contribution in [1.29, 1.82) is 0 Å². The van der Waals surface area contributed by atoms with Crippen LogP contribution in [0.5, 0.6) is 0 Å². The molecule has 0 spiro atoms. The molecule has 0 bridgehead atoms. The Bertz CT molecular complexity index is 796. The third-order valence-electron chi connectivity index (χ3n) is 7.60. The maximum Gasteiger partial charge on any atom is 0.253 e. The van der Waals surface area contributed by atoms with E-state index in [0.717, 1.165) is 11.8 Å². The molecule has 0 saturated carbocycles. The van der Waals surface area contributed by atoms with Crippen molar-refractivity contribution >= 4 is 28.8 Å². The van der Waals surface area contributed by atoms with Gasteiger partial charge in [-0.2, -0.15) is 0 Å². The van der Waals surface area contributed by atoms with E-state index in [1.807, 2.05) is 35.2 Å². The molecule has 32 heavy (non-hydrogen) atoms. The maximum absolute atomic E-state index is 13.8. The first-order valence-corrected chi connectivity index (χ1v) is 17.5. The van der Waals surface area contributed by atoms with Crippen LogP contribution in [0.4, 0.5) is 0 Å². The van der Waals surface area contributed by atoms with E-state index in [1.54, 1.807) is 0 Å². The summed E-state index contributed by atoms with van der Waals surface area (Å²) in [6.07, 6.45) is 0.0205. The van der Waals surface area contributed by atoms with Gasteiger partial charge in [-0.15, -0.1) is 0 Å².